The Morgan fingerprint density at radius 2 is 2.24 bits per heavy atom. The third-order valence-corrected chi connectivity index (χ3v) is 2.94. The molecule has 2 N–H and O–H groups in total. The fourth-order valence-corrected chi connectivity index (χ4v) is 1.65. The molecule has 1 unspecified atom stereocenters. The fraction of sp³-hybridized carbons (Fsp3) is 0.417. The van der Waals surface area contributed by atoms with Crippen molar-refractivity contribution in [3.05, 3.63) is 28.8 Å². The molecule has 4 nitrogen and oxygen atoms in total. The van der Waals surface area contributed by atoms with Crippen LogP contribution in [-0.2, 0) is 4.74 Å². The van der Waals surface area contributed by atoms with Crippen molar-refractivity contribution in [2.24, 2.45) is 0 Å². The van der Waals surface area contributed by atoms with Gasteiger partial charge in [-0.15, -0.1) is 0 Å². The fourth-order valence-electron chi connectivity index (χ4n) is 1.45. The lowest BCUT2D eigenvalue weighted by molar-refractivity contribution is 0.0634. The first-order valence-corrected chi connectivity index (χ1v) is 5.66. The van der Waals surface area contributed by atoms with E-state index in [-0.39, 0.29) is 11.9 Å². The number of hydrogen-bond donors (Lipinski definition) is 1. The van der Waals surface area contributed by atoms with E-state index in [4.69, 9.17) is 22.1 Å². The molecule has 0 heterocycles. The maximum Gasteiger partial charge on any atom is 0.255 e. The number of carbonyl (C=O) groups excluding carboxylic acids is 1. The first-order chi connectivity index (χ1) is 7.97. The van der Waals surface area contributed by atoms with Gasteiger partial charge in [0.25, 0.3) is 5.91 Å². The van der Waals surface area contributed by atoms with E-state index in [0.717, 1.165) is 0 Å². The normalized spacial score (nSPS) is 12.2. The topological polar surface area (TPSA) is 55.6 Å². The Labute approximate surface area is 106 Å². The number of benzene rings is 1. The van der Waals surface area contributed by atoms with Gasteiger partial charge in [-0.25, -0.2) is 0 Å². The van der Waals surface area contributed by atoms with E-state index in [9.17, 15) is 4.79 Å². The maximum absolute atomic E-state index is 12.2. The summed E-state index contributed by atoms with van der Waals surface area (Å²) in [6.07, 6.45) is 0. The van der Waals surface area contributed by atoms with Gasteiger partial charge in [0.05, 0.1) is 23.2 Å². The van der Waals surface area contributed by atoms with Crippen LogP contribution in [0.4, 0.5) is 5.69 Å². The zero-order valence-corrected chi connectivity index (χ0v) is 11.0. The summed E-state index contributed by atoms with van der Waals surface area (Å²) in [7, 11) is 3.31. The van der Waals surface area contributed by atoms with Crippen molar-refractivity contribution in [1.29, 1.82) is 0 Å². The lowest BCUT2D eigenvalue weighted by atomic mass is 10.1. The molecule has 0 aliphatic carbocycles. The molecule has 0 spiro atoms. The molecular formula is C12H17ClN2O2. The molecule has 0 fully saturated rings. The van der Waals surface area contributed by atoms with E-state index >= 15 is 0 Å². The van der Waals surface area contributed by atoms with E-state index in [2.05, 4.69) is 0 Å². The molecule has 0 aliphatic rings. The van der Waals surface area contributed by atoms with Gasteiger partial charge in [0.2, 0.25) is 0 Å². The number of rotatable bonds is 4. The highest BCUT2D eigenvalue weighted by atomic mass is 35.5. The number of hydrogen-bond acceptors (Lipinski definition) is 3. The van der Waals surface area contributed by atoms with Crippen LogP contribution >= 0.6 is 11.6 Å². The summed E-state index contributed by atoms with van der Waals surface area (Å²) in [6.45, 7) is 2.38. The van der Waals surface area contributed by atoms with Gasteiger partial charge in [0.1, 0.15) is 0 Å². The van der Waals surface area contributed by atoms with Crippen molar-refractivity contribution in [3.63, 3.8) is 0 Å². The maximum atomic E-state index is 12.2. The summed E-state index contributed by atoms with van der Waals surface area (Å²) in [5, 5.41) is 0.403. The third-order valence-electron chi connectivity index (χ3n) is 2.61. The molecule has 5 heteroatoms. The van der Waals surface area contributed by atoms with Crippen LogP contribution in [0.25, 0.3) is 0 Å². The Hall–Kier alpha value is -1.26. The van der Waals surface area contributed by atoms with Crippen LogP contribution in [0.3, 0.4) is 0 Å². The minimum Gasteiger partial charge on any atom is -0.399 e. The molecule has 0 radical (unpaired) electrons. The summed E-state index contributed by atoms with van der Waals surface area (Å²) in [5.41, 5.74) is 6.58. The molecule has 0 saturated heterocycles. The van der Waals surface area contributed by atoms with Crippen molar-refractivity contribution in [1.82, 2.24) is 4.90 Å². The molecule has 1 rings (SSSR count). The lowest BCUT2D eigenvalue weighted by Crippen LogP contribution is -2.37. The minimum atomic E-state index is -0.160. The number of nitrogens with zero attached hydrogens (tertiary/aromatic N) is 1. The number of anilines is 1. The summed E-state index contributed by atoms with van der Waals surface area (Å²) >= 11 is 5.98. The summed E-state index contributed by atoms with van der Waals surface area (Å²) in [4.78, 5) is 13.8. The van der Waals surface area contributed by atoms with Crippen LogP contribution in [0, 0.1) is 0 Å². The lowest BCUT2D eigenvalue weighted by Gasteiger charge is -2.24. The summed E-state index contributed by atoms with van der Waals surface area (Å²) in [5.74, 6) is -0.160. The number of likely N-dealkylation sites (N-methyl/N-ethyl adjacent to an activating group) is 1. The van der Waals surface area contributed by atoms with Crippen molar-refractivity contribution >= 4 is 23.2 Å². The van der Waals surface area contributed by atoms with Gasteiger partial charge < -0.3 is 15.4 Å². The Bertz CT molecular complexity index is 409. The van der Waals surface area contributed by atoms with Gasteiger partial charge in [0.15, 0.2) is 0 Å². The number of halogens is 1. The first kappa shape index (κ1) is 13.8. The second kappa shape index (κ2) is 5.89. The average Bonchev–Trinajstić information content (AvgIpc) is 2.30. The number of methoxy groups -OCH3 is 1. The number of ether oxygens (including phenoxy) is 1. The standard InChI is InChI=1S/C12H17ClN2O2/c1-8(7-17-3)15(2)12(16)10-6-9(14)4-5-11(10)13/h4-6,8H,7,14H2,1-3H3. The van der Waals surface area contributed by atoms with E-state index in [1.54, 1.807) is 37.3 Å². The largest absolute Gasteiger partial charge is 0.399 e. The minimum absolute atomic E-state index is 0.0232. The van der Waals surface area contributed by atoms with Crippen LogP contribution in [0.15, 0.2) is 18.2 Å². The Balaban J connectivity index is 2.92. The summed E-state index contributed by atoms with van der Waals surface area (Å²) in [6, 6.07) is 4.85. The number of nitrogens with two attached hydrogens (primary N) is 1. The Morgan fingerprint density at radius 3 is 2.82 bits per heavy atom. The molecule has 0 saturated carbocycles. The van der Waals surface area contributed by atoms with E-state index in [0.29, 0.717) is 22.9 Å². The monoisotopic (exact) mass is 256 g/mol. The van der Waals surface area contributed by atoms with Crippen LogP contribution in [-0.4, -0.2) is 37.6 Å². The predicted octanol–water partition coefficient (Wildman–Crippen LogP) is 2.03. The van der Waals surface area contributed by atoms with Gasteiger partial charge >= 0.3 is 0 Å². The van der Waals surface area contributed by atoms with Crippen LogP contribution in [0.2, 0.25) is 5.02 Å². The third kappa shape index (κ3) is 3.35. The Morgan fingerprint density at radius 1 is 1.59 bits per heavy atom. The second-order valence-electron chi connectivity index (χ2n) is 3.96. The molecular weight excluding hydrogens is 240 g/mol. The highest BCUT2D eigenvalue weighted by Crippen LogP contribution is 2.20. The van der Waals surface area contributed by atoms with Crippen LogP contribution < -0.4 is 5.73 Å². The van der Waals surface area contributed by atoms with E-state index in [1.165, 1.54) is 0 Å². The predicted molar refractivity (Wildman–Crippen MR) is 69.3 cm³/mol. The van der Waals surface area contributed by atoms with Crippen molar-refractivity contribution in [2.45, 2.75) is 13.0 Å². The van der Waals surface area contributed by atoms with E-state index in [1.807, 2.05) is 6.92 Å². The number of nitrogen functional groups attached to an aromatic ring is 1. The van der Waals surface area contributed by atoms with Gasteiger partial charge in [0, 0.05) is 19.8 Å². The quantitative estimate of drug-likeness (QED) is 0.839. The highest BCUT2D eigenvalue weighted by Gasteiger charge is 2.19. The molecule has 1 amide bonds. The molecule has 94 valence electrons. The molecule has 0 bridgehead atoms. The zero-order valence-electron chi connectivity index (χ0n) is 10.2. The van der Waals surface area contributed by atoms with Gasteiger partial charge in [-0.2, -0.15) is 0 Å². The van der Waals surface area contributed by atoms with Gasteiger partial charge in [-0.3, -0.25) is 4.79 Å². The smallest absolute Gasteiger partial charge is 0.255 e. The van der Waals surface area contributed by atoms with E-state index < -0.39 is 0 Å². The number of amides is 1. The molecule has 0 aliphatic heterocycles. The Kier molecular flexibility index (Phi) is 4.78. The molecule has 1 atom stereocenters. The highest BCUT2D eigenvalue weighted by molar-refractivity contribution is 6.34. The van der Waals surface area contributed by atoms with Crippen LogP contribution in [0.1, 0.15) is 17.3 Å². The SMILES string of the molecule is COCC(C)N(C)C(=O)c1cc(N)ccc1Cl. The van der Waals surface area contributed by atoms with Gasteiger partial charge in [-0.1, -0.05) is 11.6 Å². The molecule has 1 aromatic carbocycles. The second-order valence-corrected chi connectivity index (χ2v) is 4.37. The average molecular weight is 257 g/mol. The first-order valence-electron chi connectivity index (χ1n) is 5.28. The van der Waals surface area contributed by atoms with Crippen LogP contribution in [0.5, 0.6) is 0 Å². The molecule has 1 aromatic rings. The van der Waals surface area contributed by atoms with Crippen molar-refractivity contribution in [3.8, 4) is 0 Å². The van der Waals surface area contributed by atoms with Crippen molar-refractivity contribution in [2.75, 3.05) is 26.5 Å². The molecule has 17 heavy (non-hydrogen) atoms. The molecule has 0 aromatic heterocycles. The summed E-state index contributed by atoms with van der Waals surface area (Å²) < 4.78 is 5.01. The zero-order chi connectivity index (χ0) is 13.0. The van der Waals surface area contributed by atoms with Gasteiger partial charge in [-0.05, 0) is 25.1 Å². The number of carbonyl (C=O) groups is 1. The van der Waals surface area contributed by atoms with Crippen molar-refractivity contribution < 1.29 is 9.53 Å².